The summed E-state index contributed by atoms with van der Waals surface area (Å²) in [5.41, 5.74) is -0.851. The second-order valence-electron chi connectivity index (χ2n) is 5.85. The van der Waals surface area contributed by atoms with E-state index in [4.69, 9.17) is 0 Å². The number of carboxylic acids is 1. The average molecular weight is 271 g/mol. The molecule has 2 N–H and O–H groups in total. The van der Waals surface area contributed by atoms with Gasteiger partial charge >= 0.3 is 5.97 Å². The van der Waals surface area contributed by atoms with Gasteiger partial charge in [0.2, 0.25) is 0 Å². The molecule has 0 spiro atoms. The van der Waals surface area contributed by atoms with Gasteiger partial charge in [-0.15, -0.1) is 0 Å². The highest BCUT2D eigenvalue weighted by Gasteiger charge is 2.33. The van der Waals surface area contributed by atoms with Gasteiger partial charge in [-0.1, -0.05) is 6.92 Å². The number of nitrogens with one attached hydrogen (secondary N) is 1. The van der Waals surface area contributed by atoms with Crippen LogP contribution in [0.4, 0.5) is 0 Å². The number of rotatable bonds is 9. The first kappa shape index (κ1) is 16.4. The number of likely N-dealkylation sites (N-methyl/N-ethyl adjacent to an activating group) is 1. The van der Waals surface area contributed by atoms with Gasteiger partial charge in [0.25, 0.3) is 0 Å². The highest BCUT2D eigenvalue weighted by atomic mass is 16.4. The largest absolute Gasteiger partial charge is 0.480 e. The maximum Gasteiger partial charge on any atom is 0.324 e. The van der Waals surface area contributed by atoms with Gasteiger partial charge in [-0.3, -0.25) is 4.79 Å². The average Bonchev–Trinajstić information content (AvgIpc) is 2.87. The number of carbonyl (C=O) groups is 1. The van der Waals surface area contributed by atoms with Crippen LogP contribution in [0.15, 0.2) is 0 Å². The van der Waals surface area contributed by atoms with E-state index in [1.54, 1.807) is 6.92 Å². The fourth-order valence-corrected chi connectivity index (χ4v) is 2.54. The molecular weight excluding hydrogens is 242 g/mol. The molecule has 0 aliphatic carbocycles. The van der Waals surface area contributed by atoms with Crippen LogP contribution in [0.1, 0.15) is 33.1 Å². The van der Waals surface area contributed by atoms with Crippen molar-refractivity contribution in [2.24, 2.45) is 0 Å². The third kappa shape index (κ3) is 5.47. The Labute approximate surface area is 117 Å². The second kappa shape index (κ2) is 7.82. The molecule has 1 atom stereocenters. The lowest BCUT2D eigenvalue weighted by molar-refractivity contribution is -0.144. The van der Waals surface area contributed by atoms with Crippen molar-refractivity contribution in [1.82, 2.24) is 15.1 Å². The number of hydrogen-bond acceptors (Lipinski definition) is 4. The van der Waals surface area contributed by atoms with Crippen molar-refractivity contribution in [1.29, 1.82) is 0 Å². The van der Waals surface area contributed by atoms with Gasteiger partial charge in [-0.2, -0.15) is 0 Å². The van der Waals surface area contributed by atoms with Crippen LogP contribution in [0.3, 0.4) is 0 Å². The molecule has 5 heteroatoms. The Balaban J connectivity index is 2.37. The van der Waals surface area contributed by atoms with Crippen molar-refractivity contribution in [3.05, 3.63) is 0 Å². The maximum absolute atomic E-state index is 11.4. The fraction of sp³-hybridized carbons (Fsp3) is 0.929. The van der Waals surface area contributed by atoms with Crippen LogP contribution >= 0.6 is 0 Å². The van der Waals surface area contributed by atoms with Gasteiger partial charge < -0.3 is 20.2 Å². The molecule has 1 unspecified atom stereocenters. The smallest absolute Gasteiger partial charge is 0.324 e. The van der Waals surface area contributed by atoms with Gasteiger partial charge in [0.15, 0.2) is 0 Å². The predicted octanol–water partition coefficient (Wildman–Crippen LogP) is 0.857. The van der Waals surface area contributed by atoms with Crippen LogP contribution in [0.2, 0.25) is 0 Å². The minimum absolute atomic E-state index is 0.538. The molecule has 1 aliphatic heterocycles. The maximum atomic E-state index is 11.4. The summed E-state index contributed by atoms with van der Waals surface area (Å²) in [5.74, 6) is -0.769. The highest BCUT2D eigenvalue weighted by molar-refractivity contribution is 5.78. The van der Waals surface area contributed by atoms with Crippen LogP contribution in [0, 0.1) is 0 Å². The van der Waals surface area contributed by atoms with Gasteiger partial charge in [-0.25, -0.2) is 0 Å². The zero-order valence-electron chi connectivity index (χ0n) is 12.6. The van der Waals surface area contributed by atoms with Crippen LogP contribution in [-0.4, -0.2) is 72.7 Å². The summed E-state index contributed by atoms with van der Waals surface area (Å²) in [5, 5.41) is 12.5. The topological polar surface area (TPSA) is 55.8 Å². The number of likely N-dealkylation sites (tertiary alicyclic amines) is 1. The molecule has 19 heavy (non-hydrogen) atoms. The van der Waals surface area contributed by atoms with E-state index in [1.807, 2.05) is 14.0 Å². The van der Waals surface area contributed by atoms with E-state index in [2.05, 4.69) is 15.1 Å². The van der Waals surface area contributed by atoms with Gasteiger partial charge in [-0.05, 0) is 52.9 Å². The highest BCUT2D eigenvalue weighted by Crippen LogP contribution is 2.09. The molecule has 1 aliphatic rings. The lowest BCUT2D eigenvalue weighted by Gasteiger charge is -2.32. The van der Waals surface area contributed by atoms with Crippen molar-refractivity contribution in [3.8, 4) is 0 Å². The van der Waals surface area contributed by atoms with Crippen LogP contribution in [0.25, 0.3) is 0 Å². The van der Waals surface area contributed by atoms with Crippen molar-refractivity contribution < 1.29 is 9.90 Å². The molecule has 5 nitrogen and oxygen atoms in total. The molecule has 0 aromatic carbocycles. The third-order valence-electron chi connectivity index (χ3n) is 3.82. The normalized spacial score (nSPS) is 19.8. The quantitative estimate of drug-likeness (QED) is 0.651. The Bertz CT molecular complexity index is 280. The van der Waals surface area contributed by atoms with E-state index in [0.29, 0.717) is 6.54 Å². The molecule has 0 aromatic heterocycles. The second-order valence-corrected chi connectivity index (χ2v) is 5.85. The Morgan fingerprint density at radius 2 is 2.05 bits per heavy atom. The predicted molar refractivity (Wildman–Crippen MR) is 77.5 cm³/mol. The monoisotopic (exact) mass is 271 g/mol. The van der Waals surface area contributed by atoms with E-state index in [0.717, 1.165) is 26.1 Å². The van der Waals surface area contributed by atoms with Crippen molar-refractivity contribution in [3.63, 3.8) is 0 Å². The molecule has 112 valence electrons. The molecule has 1 saturated heterocycles. The summed E-state index contributed by atoms with van der Waals surface area (Å²) in [4.78, 5) is 16.0. The van der Waals surface area contributed by atoms with Crippen molar-refractivity contribution in [2.45, 2.75) is 38.6 Å². The summed E-state index contributed by atoms with van der Waals surface area (Å²) in [6.45, 7) is 9.45. The summed E-state index contributed by atoms with van der Waals surface area (Å²) in [6.07, 6.45) is 3.55. The summed E-state index contributed by atoms with van der Waals surface area (Å²) in [7, 11) is 2.00. The van der Waals surface area contributed by atoms with Gasteiger partial charge in [0.05, 0.1) is 0 Å². The SMILES string of the molecule is CCCNC(C)(CN(C)CCN1CCCC1)C(=O)O. The lowest BCUT2D eigenvalue weighted by Crippen LogP contribution is -2.57. The van der Waals surface area contributed by atoms with Crippen LogP contribution in [-0.2, 0) is 4.79 Å². The zero-order chi connectivity index (χ0) is 14.3. The van der Waals surface area contributed by atoms with E-state index in [9.17, 15) is 9.90 Å². The first-order chi connectivity index (χ1) is 8.98. The summed E-state index contributed by atoms with van der Waals surface area (Å²) in [6, 6.07) is 0. The number of nitrogens with zero attached hydrogens (tertiary/aromatic N) is 2. The van der Waals surface area contributed by atoms with Gasteiger partial charge in [0.1, 0.15) is 5.54 Å². The third-order valence-corrected chi connectivity index (χ3v) is 3.82. The Kier molecular flexibility index (Phi) is 6.75. The summed E-state index contributed by atoms with van der Waals surface area (Å²) >= 11 is 0. The fourth-order valence-electron chi connectivity index (χ4n) is 2.54. The van der Waals surface area contributed by atoms with E-state index in [1.165, 1.54) is 25.9 Å². The molecular formula is C14H29N3O2. The first-order valence-corrected chi connectivity index (χ1v) is 7.37. The molecule has 1 rings (SSSR count). The Morgan fingerprint density at radius 1 is 1.42 bits per heavy atom. The minimum atomic E-state index is -0.851. The van der Waals surface area contributed by atoms with Gasteiger partial charge in [0, 0.05) is 19.6 Å². The first-order valence-electron chi connectivity index (χ1n) is 7.37. The minimum Gasteiger partial charge on any atom is -0.480 e. The van der Waals surface area contributed by atoms with E-state index >= 15 is 0 Å². The standard InChI is InChI=1S/C14H29N3O2/c1-4-7-15-14(2,13(18)19)12-16(3)10-11-17-8-5-6-9-17/h15H,4-12H2,1-3H3,(H,18,19). The Morgan fingerprint density at radius 3 is 2.58 bits per heavy atom. The van der Waals surface area contributed by atoms with E-state index < -0.39 is 11.5 Å². The molecule has 1 heterocycles. The molecule has 0 saturated carbocycles. The molecule has 1 fully saturated rings. The van der Waals surface area contributed by atoms with E-state index in [-0.39, 0.29) is 0 Å². The van der Waals surface area contributed by atoms with Crippen LogP contribution < -0.4 is 5.32 Å². The number of aliphatic carboxylic acids is 1. The summed E-state index contributed by atoms with van der Waals surface area (Å²) < 4.78 is 0. The van der Waals surface area contributed by atoms with Crippen LogP contribution in [0.5, 0.6) is 0 Å². The zero-order valence-corrected chi connectivity index (χ0v) is 12.6. The molecule has 0 aromatic rings. The molecule has 0 radical (unpaired) electrons. The number of carboxylic acid groups (broad SMARTS) is 1. The van der Waals surface area contributed by atoms with Crippen molar-refractivity contribution in [2.75, 3.05) is 46.3 Å². The molecule has 0 amide bonds. The Hall–Kier alpha value is -0.650. The number of hydrogen-bond donors (Lipinski definition) is 2. The van der Waals surface area contributed by atoms with Crippen molar-refractivity contribution >= 4 is 5.97 Å². The molecule has 0 bridgehead atoms. The lowest BCUT2D eigenvalue weighted by atomic mass is 10.0.